The Labute approximate surface area is 160 Å². The first-order valence-electron chi connectivity index (χ1n) is 6.82. The minimum absolute atomic E-state index is 0.0658. The maximum absolute atomic E-state index is 11.7. The Morgan fingerprint density at radius 2 is 2.12 bits per heavy atom. The van der Waals surface area contributed by atoms with Crippen LogP contribution >= 0.6 is 42.6 Å². The molecular weight excluding hydrogens is 441 g/mol. The van der Waals surface area contributed by atoms with Crippen molar-refractivity contribution in [3.8, 4) is 0 Å². The highest BCUT2D eigenvalue weighted by Gasteiger charge is 2.41. The molecule has 2 rings (SSSR count). The summed E-state index contributed by atoms with van der Waals surface area (Å²) < 4.78 is 24.1. The third-order valence-electron chi connectivity index (χ3n) is 3.20. The van der Waals surface area contributed by atoms with E-state index in [9.17, 15) is 28.9 Å². The largest absolute Gasteiger partial charge is 0.529 e. The number of alkyl halides is 3. The van der Waals surface area contributed by atoms with Crippen molar-refractivity contribution in [3.05, 3.63) is 33.1 Å². The first-order valence-corrected chi connectivity index (χ1v) is 9.45. The quantitative estimate of drug-likeness (QED) is 0.419. The molecule has 0 aromatic carbocycles. The molecule has 0 bridgehead atoms. The molecule has 0 spiro atoms. The molecule has 0 saturated carbocycles. The van der Waals surface area contributed by atoms with E-state index < -0.39 is 53.9 Å². The van der Waals surface area contributed by atoms with Gasteiger partial charge in [-0.25, -0.2) is 14.2 Å². The molecule has 1 unspecified atom stereocenters. The van der Waals surface area contributed by atoms with Gasteiger partial charge in [-0.1, -0.05) is 34.8 Å². The summed E-state index contributed by atoms with van der Waals surface area (Å²) in [5.74, 6) is -1.63. The van der Waals surface area contributed by atoms with Crippen LogP contribution in [-0.2, 0) is 23.1 Å². The number of aromatic nitrogens is 2. The molecule has 146 valence electrons. The zero-order valence-corrected chi connectivity index (χ0v) is 15.7. The van der Waals surface area contributed by atoms with Gasteiger partial charge in [-0.2, -0.15) is 0 Å². The summed E-state index contributed by atoms with van der Waals surface area (Å²) in [5.41, 5.74) is -1.37. The monoisotopic (exact) mass is 452 g/mol. The average Bonchev–Trinajstić information content (AvgIpc) is 2.84. The van der Waals surface area contributed by atoms with E-state index in [0.717, 1.165) is 10.6 Å². The molecule has 0 aliphatic carbocycles. The topological polar surface area (TPSA) is 157 Å². The Morgan fingerprint density at radius 3 is 2.69 bits per heavy atom. The van der Waals surface area contributed by atoms with Crippen LogP contribution in [0.1, 0.15) is 12.6 Å². The zero-order valence-electron chi connectivity index (χ0n) is 12.6. The number of H-pyrrole nitrogens is 1. The van der Waals surface area contributed by atoms with Crippen LogP contribution in [-0.4, -0.2) is 48.1 Å². The van der Waals surface area contributed by atoms with E-state index in [-0.39, 0.29) is 6.42 Å². The van der Waals surface area contributed by atoms with Crippen molar-refractivity contribution in [2.45, 2.75) is 28.6 Å². The smallest absolute Gasteiger partial charge is 0.390 e. The fourth-order valence-corrected chi connectivity index (χ4v) is 3.05. The van der Waals surface area contributed by atoms with Crippen molar-refractivity contribution in [3.63, 3.8) is 0 Å². The molecule has 0 radical (unpaired) electrons. The first kappa shape index (κ1) is 21.4. The maximum atomic E-state index is 11.7. The van der Waals surface area contributed by atoms with Crippen molar-refractivity contribution >= 4 is 48.6 Å². The molecule has 1 aromatic rings. The number of hydrogen-bond acceptors (Lipinski definition) is 8. The number of ether oxygens (including phenoxy) is 1. The van der Waals surface area contributed by atoms with Crippen LogP contribution in [0.15, 0.2) is 21.9 Å². The van der Waals surface area contributed by atoms with Gasteiger partial charge >= 0.3 is 19.5 Å². The Hall–Kier alpha value is -0.910. The molecular formula is C11H12Cl3N2O9P. The molecule has 4 atom stereocenters. The summed E-state index contributed by atoms with van der Waals surface area (Å²) in [7, 11) is -4.94. The number of carbonyl (C=O) groups is 1. The van der Waals surface area contributed by atoms with Crippen LogP contribution in [0, 0.1) is 0 Å². The lowest BCUT2D eigenvalue weighted by Crippen LogP contribution is -2.31. The van der Waals surface area contributed by atoms with Gasteiger partial charge in [0.15, 0.2) is 0 Å². The molecule has 1 saturated heterocycles. The van der Waals surface area contributed by atoms with E-state index in [1.54, 1.807) is 0 Å². The number of phosphoric ester groups is 1. The number of halogens is 3. The van der Waals surface area contributed by atoms with E-state index in [1.807, 2.05) is 4.98 Å². The summed E-state index contributed by atoms with van der Waals surface area (Å²) in [5, 5.41) is 9.94. The fourth-order valence-electron chi connectivity index (χ4n) is 2.04. The minimum Gasteiger partial charge on any atom is -0.390 e. The number of carbonyl (C=O) groups excluding carboxylic acids is 1. The SMILES string of the molecule is O=C(OP(=O)(O)OC[C@H]1O[C@@H](n2ccc(=O)[nH]c2=O)C[C@@H]1O)C(Cl)(Cl)Cl. The van der Waals surface area contributed by atoms with Crippen LogP contribution in [0.2, 0.25) is 0 Å². The van der Waals surface area contributed by atoms with E-state index in [4.69, 9.17) is 39.5 Å². The highest BCUT2D eigenvalue weighted by molar-refractivity contribution is 7.48. The lowest BCUT2D eigenvalue weighted by Gasteiger charge is -2.18. The van der Waals surface area contributed by atoms with Gasteiger partial charge in [0, 0.05) is 18.7 Å². The second kappa shape index (κ2) is 7.99. The molecule has 15 heteroatoms. The summed E-state index contributed by atoms with van der Waals surface area (Å²) >= 11 is 15.6. The standard InChI is InChI=1S/C11H12Cl3N2O9P/c12-11(13,14)9(19)25-26(21,22)23-4-6-5(17)3-8(24-6)16-2-1-7(18)15-10(16)20/h1-2,5-6,8,17H,3-4H2,(H,21,22)(H,15,18,20)/t5-,6+,8+/m0/s1. The third-order valence-corrected chi connectivity index (χ3v) is 4.53. The van der Waals surface area contributed by atoms with Crippen LogP contribution in [0.4, 0.5) is 0 Å². The second-order valence-corrected chi connectivity index (χ2v) is 8.75. The number of rotatable bonds is 5. The van der Waals surface area contributed by atoms with E-state index in [1.165, 1.54) is 6.20 Å². The summed E-state index contributed by atoms with van der Waals surface area (Å²) in [6, 6.07) is 1.08. The number of aromatic amines is 1. The van der Waals surface area contributed by atoms with Crippen LogP contribution in [0.5, 0.6) is 0 Å². The maximum Gasteiger partial charge on any atom is 0.529 e. The molecule has 1 fully saturated rings. The number of nitrogens with zero attached hydrogens (tertiary/aromatic N) is 1. The summed E-state index contributed by atoms with van der Waals surface area (Å²) in [6.45, 7) is -0.670. The third kappa shape index (κ3) is 5.54. The predicted molar refractivity (Wildman–Crippen MR) is 88.0 cm³/mol. The van der Waals surface area contributed by atoms with Crippen molar-refractivity contribution in [2.75, 3.05) is 6.61 Å². The van der Waals surface area contributed by atoms with Gasteiger partial charge in [-0.3, -0.25) is 23.8 Å². The summed E-state index contributed by atoms with van der Waals surface area (Å²) in [6.07, 6.45) is -2.16. The van der Waals surface area contributed by atoms with Gasteiger partial charge < -0.3 is 14.4 Å². The number of nitrogens with one attached hydrogen (secondary N) is 1. The highest BCUT2D eigenvalue weighted by Crippen LogP contribution is 2.47. The highest BCUT2D eigenvalue weighted by atomic mass is 35.6. The first-order chi connectivity index (χ1) is 11.9. The van der Waals surface area contributed by atoms with Gasteiger partial charge in [-0.05, 0) is 0 Å². The van der Waals surface area contributed by atoms with E-state index >= 15 is 0 Å². The molecule has 2 heterocycles. The van der Waals surface area contributed by atoms with Gasteiger partial charge in [-0.15, -0.1) is 0 Å². The zero-order chi connectivity index (χ0) is 19.7. The number of hydrogen-bond donors (Lipinski definition) is 3. The molecule has 1 aliphatic heterocycles. The summed E-state index contributed by atoms with van der Waals surface area (Å²) in [4.78, 5) is 45.5. The average molecular weight is 454 g/mol. The Kier molecular flexibility index (Phi) is 6.57. The molecule has 26 heavy (non-hydrogen) atoms. The Balaban J connectivity index is 1.98. The van der Waals surface area contributed by atoms with Gasteiger partial charge in [0.05, 0.1) is 12.7 Å². The van der Waals surface area contributed by atoms with Crippen molar-refractivity contribution in [2.24, 2.45) is 0 Å². The second-order valence-electron chi connectivity index (χ2n) is 5.09. The van der Waals surface area contributed by atoms with Crippen molar-refractivity contribution < 1.29 is 33.1 Å². The van der Waals surface area contributed by atoms with Gasteiger partial charge in [0.25, 0.3) is 9.35 Å². The normalized spacial score (nSPS) is 25.7. The van der Waals surface area contributed by atoms with E-state index in [2.05, 4.69) is 9.05 Å². The molecule has 3 N–H and O–H groups in total. The van der Waals surface area contributed by atoms with Gasteiger partial charge in [0.2, 0.25) is 0 Å². The lowest BCUT2D eigenvalue weighted by molar-refractivity contribution is -0.135. The minimum atomic E-state index is -4.94. The molecule has 1 aliphatic rings. The van der Waals surface area contributed by atoms with E-state index in [0.29, 0.717) is 0 Å². The van der Waals surface area contributed by atoms with Crippen molar-refractivity contribution in [1.82, 2.24) is 9.55 Å². The predicted octanol–water partition coefficient (Wildman–Crippen LogP) is 0.215. The molecule has 0 amide bonds. The number of aliphatic hydroxyl groups excluding tert-OH is 1. The lowest BCUT2D eigenvalue weighted by atomic mass is 10.2. The van der Waals surface area contributed by atoms with Gasteiger partial charge in [0.1, 0.15) is 12.3 Å². The van der Waals surface area contributed by atoms with Crippen LogP contribution < -0.4 is 11.2 Å². The molecule has 1 aromatic heterocycles. The van der Waals surface area contributed by atoms with Crippen molar-refractivity contribution in [1.29, 1.82) is 0 Å². The fraction of sp³-hybridized carbons (Fsp3) is 0.545. The Morgan fingerprint density at radius 1 is 1.46 bits per heavy atom. The molecule has 11 nitrogen and oxygen atoms in total. The number of phosphoric acid groups is 1. The number of aliphatic hydroxyl groups is 1. The van der Waals surface area contributed by atoms with Crippen LogP contribution in [0.25, 0.3) is 0 Å². The Bertz CT molecular complexity index is 835. The van der Waals surface area contributed by atoms with Crippen LogP contribution in [0.3, 0.4) is 0 Å².